The Bertz CT molecular complexity index is 576. The SMILES string of the molecule is CC(C)CC(NC(=O)CNC(=O)C(N)CCCN=C(N)N)C(=O)NCC(=O)O. The Hall–Kier alpha value is -2.89. The quantitative estimate of drug-likeness (QED) is 0.0970. The van der Waals surface area contributed by atoms with Crippen LogP contribution in [0.4, 0.5) is 0 Å². The van der Waals surface area contributed by atoms with Crippen LogP contribution in [0.2, 0.25) is 0 Å². The summed E-state index contributed by atoms with van der Waals surface area (Å²) >= 11 is 0. The molecule has 28 heavy (non-hydrogen) atoms. The van der Waals surface area contributed by atoms with Crippen LogP contribution in [0.3, 0.4) is 0 Å². The van der Waals surface area contributed by atoms with Crippen molar-refractivity contribution in [2.45, 2.75) is 45.2 Å². The molecule has 12 heteroatoms. The van der Waals surface area contributed by atoms with E-state index in [1.54, 1.807) is 0 Å². The van der Waals surface area contributed by atoms with Crippen LogP contribution in [0, 0.1) is 5.92 Å². The fourth-order valence-corrected chi connectivity index (χ4v) is 2.18. The van der Waals surface area contributed by atoms with Gasteiger partial charge in [0.1, 0.15) is 12.6 Å². The fraction of sp³-hybridized carbons (Fsp3) is 0.688. The summed E-state index contributed by atoms with van der Waals surface area (Å²) in [6.07, 6.45) is 1.14. The van der Waals surface area contributed by atoms with E-state index in [0.717, 1.165) is 0 Å². The molecular weight excluding hydrogens is 370 g/mol. The Morgan fingerprint density at radius 2 is 1.64 bits per heavy atom. The van der Waals surface area contributed by atoms with Crippen LogP contribution in [0.25, 0.3) is 0 Å². The molecule has 10 N–H and O–H groups in total. The lowest BCUT2D eigenvalue weighted by atomic mass is 10.0. The van der Waals surface area contributed by atoms with E-state index in [9.17, 15) is 19.2 Å². The molecule has 0 aliphatic carbocycles. The molecule has 2 unspecified atom stereocenters. The van der Waals surface area contributed by atoms with Gasteiger partial charge in [-0.2, -0.15) is 0 Å². The Kier molecular flexibility index (Phi) is 11.9. The first-order valence-electron chi connectivity index (χ1n) is 8.90. The highest BCUT2D eigenvalue weighted by Crippen LogP contribution is 2.05. The lowest BCUT2D eigenvalue weighted by Crippen LogP contribution is -2.51. The van der Waals surface area contributed by atoms with Crippen LogP contribution in [-0.2, 0) is 19.2 Å². The molecule has 0 spiro atoms. The van der Waals surface area contributed by atoms with Crippen LogP contribution in [0.1, 0.15) is 33.1 Å². The number of nitrogens with two attached hydrogens (primary N) is 3. The van der Waals surface area contributed by atoms with Gasteiger partial charge in [0.15, 0.2) is 5.96 Å². The summed E-state index contributed by atoms with van der Waals surface area (Å²) in [7, 11) is 0. The molecule has 0 aromatic carbocycles. The second-order valence-corrected chi connectivity index (χ2v) is 6.63. The maximum atomic E-state index is 12.0. The monoisotopic (exact) mass is 401 g/mol. The van der Waals surface area contributed by atoms with Crippen molar-refractivity contribution in [1.82, 2.24) is 16.0 Å². The van der Waals surface area contributed by atoms with Crippen molar-refractivity contribution in [2.75, 3.05) is 19.6 Å². The highest BCUT2D eigenvalue weighted by molar-refractivity contribution is 5.91. The summed E-state index contributed by atoms with van der Waals surface area (Å²) in [6, 6.07) is -1.73. The van der Waals surface area contributed by atoms with E-state index in [0.29, 0.717) is 25.8 Å². The number of aliphatic carboxylic acids is 1. The third-order valence-corrected chi connectivity index (χ3v) is 3.50. The molecule has 0 fully saturated rings. The number of hydrogen-bond acceptors (Lipinski definition) is 6. The van der Waals surface area contributed by atoms with Crippen LogP contribution < -0.4 is 33.2 Å². The van der Waals surface area contributed by atoms with Gasteiger partial charge in [-0.3, -0.25) is 24.2 Å². The number of carboxylic acid groups (broad SMARTS) is 1. The summed E-state index contributed by atoms with van der Waals surface area (Å²) < 4.78 is 0. The predicted molar refractivity (Wildman–Crippen MR) is 103 cm³/mol. The summed E-state index contributed by atoms with van der Waals surface area (Å²) in [5.74, 6) is -2.86. The van der Waals surface area contributed by atoms with Gasteiger partial charge in [0.25, 0.3) is 0 Å². The van der Waals surface area contributed by atoms with Crippen molar-refractivity contribution in [1.29, 1.82) is 0 Å². The molecule has 0 aromatic rings. The number of amides is 3. The van der Waals surface area contributed by atoms with Crippen LogP contribution >= 0.6 is 0 Å². The van der Waals surface area contributed by atoms with Gasteiger partial charge in [0.05, 0.1) is 12.6 Å². The number of rotatable bonds is 13. The van der Waals surface area contributed by atoms with Crippen molar-refractivity contribution < 1.29 is 24.3 Å². The molecule has 2 atom stereocenters. The normalized spacial score (nSPS) is 12.6. The van der Waals surface area contributed by atoms with Gasteiger partial charge in [0.2, 0.25) is 17.7 Å². The summed E-state index contributed by atoms with van der Waals surface area (Å²) in [5.41, 5.74) is 16.1. The molecule has 160 valence electrons. The Morgan fingerprint density at radius 1 is 1.04 bits per heavy atom. The molecular formula is C16H31N7O5. The van der Waals surface area contributed by atoms with Crippen molar-refractivity contribution in [2.24, 2.45) is 28.1 Å². The molecule has 12 nitrogen and oxygen atoms in total. The van der Waals surface area contributed by atoms with Gasteiger partial charge in [0, 0.05) is 6.54 Å². The second-order valence-electron chi connectivity index (χ2n) is 6.63. The fourth-order valence-electron chi connectivity index (χ4n) is 2.18. The molecule has 0 aromatic heterocycles. The van der Waals surface area contributed by atoms with Crippen molar-refractivity contribution in [3.05, 3.63) is 0 Å². The molecule has 0 bridgehead atoms. The zero-order valence-electron chi connectivity index (χ0n) is 16.2. The minimum Gasteiger partial charge on any atom is -0.480 e. The lowest BCUT2D eigenvalue weighted by Gasteiger charge is -2.20. The number of carboxylic acids is 1. The van der Waals surface area contributed by atoms with Gasteiger partial charge in [-0.1, -0.05) is 13.8 Å². The van der Waals surface area contributed by atoms with Crippen molar-refractivity contribution >= 4 is 29.7 Å². The molecule has 0 aliphatic heterocycles. The van der Waals surface area contributed by atoms with Crippen LogP contribution in [0.5, 0.6) is 0 Å². The minimum absolute atomic E-state index is 0.0435. The smallest absolute Gasteiger partial charge is 0.322 e. The summed E-state index contributed by atoms with van der Waals surface area (Å²) in [4.78, 5) is 50.3. The third-order valence-electron chi connectivity index (χ3n) is 3.50. The molecule has 3 amide bonds. The Morgan fingerprint density at radius 3 is 2.18 bits per heavy atom. The minimum atomic E-state index is -1.19. The maximum Gasteiger partial charge on any atom is 0.322 e. The zero-order chi connectivity index (χ0) is 21.7. The van der Waals surface area contributed by atoms with Crippen LogP contribution in [0.15, 0.2) is 4.99 Å². The summed E-state index contributed by atoms with van der Waals surface area (Å²) in [6.45, 7) is 3.14. The largest absolute Gasteiger partial charge is 0.480 e. The average molecular weight is 401 g/mol. The molecule has 0 rings (SSSR count). The predicted octanol–water partition coefficient (Wildman–Crippen LogP) is -2.78. The molecule has 0 saturated carbocycles. The number of aliphatic imine (C=N–C) groups is 1. The van der Waals surface area contributed by atoms with Gasteiger partial charge in [-0.05, 0) is 25.2 Å². The van der Waals surface area contributed by atoms with E-state index >= 15 is 0 Å². The number of guanidine groups is 1. The highest BCUT2D eigenvalue weighted by atomic mass is 16.4. The molecule has 0 saturated heterocycles. The van der Waals surface area contributed by atoms with E-state index in [-0.39, 0.29) is 18.4 Å². The number of nitrogens with zero attached hydrogens (tertiary/aromatic N) is 1. The van der Waals surface area contributed by atoms with E-state index in [2.05, 4.69) is 20.9 Å². The Balaban J connectivity index is 4.44. The van der Waals surface area contributed by atoms with E-state index < -0.39 is 42.3 Å². The maximum absolute atomic E-state index is 12.0. The highest BCUT2D eigenvalue weighted by Gasteiger charge is 2.23. The first kappa shape index (κ1) is 25.1. The second kappa shape index (κ2) is 13.3. The standard InChI is InChI=1S/C16H31N7O5/c1-9(2)6-11(15(28)22-8-13(25)26)23-12(24)7-21-14(27)10(17)4-3-5-20-16(18)19/h9-11H,3-8,17H2,1-2H3,(H,21,27)(H,22,28)(H,23,24)(H,25,26)(H4,18,19,20). The van der Waals surface area contributed by atoms with E-state index in [1.807, 2.05) is 13.8 Å². The van der Waals surface area contributed by atoms with Crippen molar-refractivity contribution in [3.63, 3.8) is 0 Å². The number of nitrogens with one attached hydrogen (secondary N) is 3. The average Bonchev–Trinajstić information content (AvgIpc) is 2.59. The van der Waals surface area contributed by atoms with Gasteiger partial charge < -0.3 is 38.3 Å². The van der Waals surface area contributed by atoms with Crippen LogP contribution in [-0.4, -0.2) is 66.5 Å². The third kappa shape index (κ3) is 12.5. The number of hydrogen-bond donors (Lipinski definition) is 7. The number of carbonyl (C=O) groups is 4. The van der Waals surface area contributed by atoms with Gasteiger partial charge in [-0.15, -0.1) is 0 Å². The van der Waals surface area contributed by atoms with Crippen molar-refractivity contribution in [3.8, 4) is 0 Å². The van der Waals surface area contributed by atoms with E-state index in [1.165, 1.54) is 0 Å². The molecule has 0 radical (unpaired) electrons. The first-order chi connectivity index (χ1) is 13.0. The molecule has 0 aliphatic rings. The first-order valence-corrected chi connectivity index (χ1v) is 8.90. The zero-order valence-corrected chi connectivity index (χ0v) is 16.2. The van der Waals surface area contributed by atoms with Gasteiger partial charge in [-0.25, -0.2) is 0 Å². The topological polar surface area (TPSA) is 215 Å². The Labute approximate surface area is 163 Å². The lowest BCUT2D eigenvalue weighted by molar-refractivity contribution is -0.138. The molecule has 0 heterocycles. The number of carbonyl (C=O) groups excluding carboxylic acids is 3. The summed E-state index contributed by atoms with van der Waals surface area (Å²) in [5, 5.41) is 15.7. The van der Waals surface area contributed by atoms with E-state index in [4.69, 9.17) is 22.3 Å². The van der Waals surface area contributed by atoms with Gasteiger partial charge >= 0.3 is 5.97 Å².